The Morgan fingerprint density at radius 3 is 2.38 bits per heavy atom. The van der Waals surface area contributed by atoms with Crippen LogP contribution < -0.4 is 10.1 Å². The van der Waals surface area contributed by atoms with E-state index in [4.69, 9.17) is 27.9 Å². The van der Waals surface area contributed by atoms with Crippen LogP contribution >= 0.6 is 23.2 Å². The molecule has 0 saturated carbocycles. The molecule has 0 aliphatic heterocycles. The van der Waals surface area contributed by atoms with Crippen molar-refractivity contribution in [1.29, 1.82) is 0 Å². The maximum Gasteiger partial charge on any atom is 0.321 e. The van der Waals surface area contributed by atoms with E-state index in [9.17, 15) is 14.7 Å². The Bertz CT molecular complexity index is 1410. The van der Waals surface area contributed by atoms with Gasteiger partial charge in [-0.2, -0.15) is 0 Å². The number of anilines is 1. The van der Waals surface area contributed by atoms with Crippen LogP contribution in [-0.4, -0.2) is 33.8 Å². The lowest BCUT2D eigenvalue weighted by Crippen LogP contribution is -2.21. The molecule has 3 rings (SSSR count). The van der Waals surface area contributed by atoms with E-state index in [2.05, 4.69) is 48.1 Å². The lowest BCUT2D eigenvalue weighted by Gasteiger charge is -2.20. The zero-order valence-corrected chi connectivity index (χ0v) is 23.1. The van der Waals surface area contributed by atoms with Crippen molar-refractivity contribution in [2.75, 3.05) is 11.9 Å². The maximum atomic E-state index is 12.6. The quantitative estimate of drug-likeness (QED) is 0.310. The van der Waals surface area contributed by atoms with Gasteiger partial charge < -0.3 is 15.2 Å². The lowest BCUT2D eigenvalue weighted by atomic mass is 9.86. The first-order valence-corrected chi connectivity index (χ1v) is 12.3. The highest BCUT2D eigenvalue weighted by Gasteiger charge is 2.24. The highest BCUT2D eigenvalue weighted by molar-refractivity contribution is 6.34. The van der Waals surface area contributed by atoms with E-state index in [1.807, 2.05) is 25.1 Å². The van der Waals surface area contributed by atoms with Gasteiger partial charge in [0.1, 0.15) is 5.41 Å². The summed E-state index contributed by atoms with van der Waals surface area (Å²) >= 11 is 12.9. The number of H-pyrrole nitrogens is 1. The van der Waals surface area contributed by atoms with Gasteiger partial charge in [-0.3, -0.25) is 14.7 Å². The monoisotopic (exact) mass is 541 g/mol. The molecule has 0 spiro atoms. The largest absolute Gasteiger partial charge is 0.480 e. The zero-order valence-electron chi connectivity index (χ0n) is 21.5. The topological polar surface area (TPSA) is 104 Å². The van der Waals surface area contributed by atoms with Crippen LogP contribution in [0, 0.1) is 24.2 Å². The lowest BCUT2D eigenvalue weighted by molar-refractivity contribution is -0.143. The average molecular weight is 542 g/mol. The number of aryl methyl sites for hydroxylation is 1. The minimum Gasteiger partial charge on any atom is -0.480 e. The minimum absolute atomic E-state index is 0.0495. The number of aromatic amines is 1. The molecule has 37 heavy (non-hydrogen) atoms. The fraction of sp³-hybridized carbons (Fsp3) is 0.321. The van der Waals surface area contributed by atoms with E-state index in [0.717, 1.165) is 16.8 Å². The van der Waals surface area contributed by atoms with Gasteiger partial charge in [0.2, 0.25) is 5.88 Å². The predicted molar refractivity (Wildman–Crippen MR) is 146 cm³/mol. The third-order valence-corrected chi connectivity index (χ3v) is 6.28. The van der Waals surface area contributed by atoms with Crippen LogP contribution in [0.2, 0.25) is 10.0 Å². The number of aromatic nitrogens is 2. The molecule has 0 fully saturated rings. The molecule has 0 radical (unpaired) electrons. The number of carbonyl (C=O) groups excluding carboxylic acids is 1. The van der Waals surface area contributed by atoms with Crippen LogP contribution in [0.5, 0.6) is 5.88 Å². The summed E-state index contributed by atoms with van der Waals surface area (Å²) in [5.74, 6) is 4.30. The van der Waals surface area contributed by atoms with Gasteiger partial charge in [0.25, 0.3) is 5.91 Å². The molecule has 0 aliphatic carbocycles. The smallest absolute Gasteiger partial charge is 0.321 e. The van der Waals surface area contributed by atoms with E-state index in [1.165, 1.54) is 13.8 Å². The molecule has 1 amide bonds. The van der Waals surface area contributed by atoms with Crippen molar-refractivity contribution < 1.29 is 19.4 Å². The molecule has 3 N–H and O–H groups in total. The summed E-state index contributed by atoms with van der Waals surface area (Å²) in [6, 6.07) is 10.7. The summed E-state index contributed by atoms with van der Waals surface area (Å²) in [6.45, 7) is 10.9. The number of carboxylic acid groups (broad SMARTS) is 1. The molecule has 0 aliphatic rings. The van der Waals surface area contributed by atoms with Crippen molar-refractivity contribution in [3.63, 3.8) is 0 Å². The standard InChI is InChI=1S/C28H29Cl2N3O4/c1-16-24(19-9-8-18(14-20(19)29)27(2,3)4)25(33-32-16)37-15-23(34)31-22-10-7-17(13-21(22)30)11-12-28(5,6)26(35)36/h7-10,13-14H,15H2,1-6H3,(H,31,34)(H,32,33)(H,35,36). The Labute approximate surface area is 226 Å². The van der Waals surface area contributed by atoms with Gasteiger partial charge in [-0.05, 0) is 56.0 Å². The van der Waals surface area contributed by atoms with Crippen LogP contribution in [-0.2, 0) is 15.0 Å². The molecular formula is C28H29Cl2N3O4. The van der Waals surface area contributed by atoms with E-state index in [0.29, 0.717) is 21.8 Å². The Morgan fingerprint density at radius 2 is 1.78 bits per heavy atom. The number of carboxylic acids is 1. The molecule has 0 atom stereocenters. The van der Waals surface area contributed by atoms with Gasteiger partial charge in [0.05, 0.1) is 16.3 Å². The summed E-state index contributed by atoms with van der Waals surface area (Å²) in [6.07, 6.45) is 0. The number of carbonyl (C=O) groups is 2. The SMILES string of the molecule is Cc1[nH]nc(OCC(=O)Nc2ccc(C#CC(C)(C)C(=O)O)cc2Cl)c1-c1ccc(C(C)(C)C)cc1Cl. The highest BCUT2D eigenvalue weighted by atomic mass is 35.5. The van der Waals surface area contributed by atoms with Gasteiger partial charge in [-0.1, -0.05) is 67.9 Å². The molecule has 0 saturated heterocycles. The van der Waals surface area contributed by atoms with Gasteiger partial charge in [0, 0.05) is 21.8 Å². The Balaban J connectivity index is 1.71. The Morgan fingerprint density at radius 1 is 1.08 bits per heavy atom. The molecule has 3 aromatic rings. The number of nitrogens with one attached hydrogen (secondary N) is 2. The number of rotatable bonds is 6. The number of amides is 1. The van der Waals surface area contributed by atoms with Crippen LogP contribution in [0.1, 0.15) is 51.4 Å². The van der Waals surface area contributed by atoms with Crippen molar-refractivity contribution in [2.24, 2.45) is 5.41 Å². The third kappa shape index (κ3) is 6.85. The van der Waals surface area contributed by atoms with E-state index in [1.54, 1.807) is 18.2 Å². The predicted octanol–water partition coefficient (Wildman–Crippen LogP) is 6.47. The van der Waals surface area contributed by atoms with E-state index < -0.39 is 17.3 Å². The molecule has 2 aromatic carbocycles. The number of halogens is 2. The molecule has 194 valence electrons. The molecule has 0 unspecified atom stereocenters. The van der Waals surface area contributed by atoms with Crippen molar-refractivity contribution in [2.45, 2.75) is 47.0 Å². The first-order valence-electron chi connectivity index (χ1n) is 11.5. The number of ether oxygens (including phenoxy) is 1. The van der Waals surface area contributed by atoms with Crippen molar-refractivity contribution in [3.05, 3.63) is 63.3 Å². The molecule has 1 aromatic heterocycles. The second-order valence-corrected chi connectivity index (χ2v) is 11.0. The van der Waals surface area contributed by atoms with Crippen LogP contribution in [0.25, 0.3) is 11.1 Å². The number of benzene rings is 2. The van der Waals surface area contributed by atoms with Crippen LogP contribution in [0.3, 0.4) is 0 Å². The summed E-state index contributed by atoms with van der Waals surface area (Å²) in [5.41, 5.74) is 2.95. The molecule has 1 heterocycles. The second kappa shape index (κ2) is 10.9. The van der Waals surface area contributed by atoms with E-state index >= 15 is 0 Å². The summed E-state index contributed by atoms with van der Waals surface area (Å²) < 4.78 is 5.73. The molecular weight excluding hydrogens is 513 g/mol. The second-order valence-electron chi connectivity index (χ2n) is 10.2. The Kier molecular flexibility index (Phi) is 8.26. The van der Waals surface area contributed by atoms with E-state index in [-0.39, 0.29) is 22.9 Å². The molecule has 0 bridgehead atoms. The highest BCUT2D eigenvalue weighted by Crippen LogP contribution is 2.38. The Hall–Kier alpha value is -3.47. The summed E-state index contributed by atoms with van der Waals surface area (Å²) in [5, 5.41) is 19.8. The van der Waals surface area contributed by atoms with Crippen molar-refractivity contribution in [1.82, 2.24) is 10.2 Å². The van der Waals surface area contributed by atoms with Gasteiger partial charge in [-0.15, -0.1) is 5.10 Å². The first-order chi connectivity index (χ1) is 17.2. The number of aliphatic carboxylic acids is 1. The van der Waals surface area contributed by atoms with Crippen molar-refractivity contribution >= 4 is 40.8 Å². The summed E-state index contributed by atoms with van der Waals surface area (Å²) in [7, 11) is 0. The fourth-order valence-corrected chi connectivity index (χ4v) is 3.81. The minimum atomic E-state index is -1.20. The van der Waals surface area contributed by atoms with Gasteiger partial charge in [0.15, 0.2) is 6.61 Å². The zero-order chi connectivity index (χ0) is 27.5. The third-order valence-electron chi connectivity index (χ3n) is 5.66. The van der Waals surface area contributed by atoms with Gasteiger partial charge >= 0.3 is 5.97 Å². The molecule has 7 nitrogen and oxygen atoms in total. The molecule has 9 heteroatoms. The van der Waals surface area contributed by atoms with Gasteiger partial charge in [-0.25, -0.2) is 0 Å². The number of nitrogens with zero attached hydrogens (tertiary/aromatic N) is 1. The van der Waals surface area contributed by atoms with Crippen molar-refractivity contribution in [3.8, 4) is 28.8 Å². The maximum absolute atomic E-state index is 12.6. The van der Waals surface area contributed by atoms with Crippen LogP contribution in [0.4, 0.5) is 5.69 Å². The average Bonchev–Trinajstić information content (AvgIpc) is 3.17. The normalized spacial score (nSPS) is 11.5. The van der Waals surface area contributed by atoms with Crippen LogP contribution in [0.15, 0.2) is 36.4 Å². The number of hydrogen-bond donors (Lipinski definition) is 3. The number of hydrogen-bond acceptors (Lipinski definition) is 4. The summed E-state index contributed by atoms with van der Waals surface area (Å²) in [4.78, 5) is 23.8. The fourth-order valence-electron chi connectivity index (χ4n) is 3.31. The first kappa shape index (κ1) is 28.1.